The van der Waals surface area contributed by atoms with Crippen LogP contribution in [0.5, 0.6) is 5.75 Å². The lowest BCUT2D eigenvalue weighted by molar-refractivity contribution is -0.146. The van der Waals surface area contributed by atoms with E-state index in [1.165, 1.54) is 65.9 Å². The third-order valence-corrected chi connectivity index (χ3v) is 19.2. The van der Waals surface area contributed by atoms with Gasteiger partial charge in [0.1, 0.15) is 72.2 Å². The van der Waals surface area contributed by atoms with Crippen molar-refractivity contribution in [2.45, 2.75) is 283 Å². The van der Waals surface area contributed by atoms with Gasteiger partial charge in [0.05, 0.1) is 30.8 Å². The molecule has 3 rings (SSSR count). The summed E-state index contributed by atoms with van der Waals surface area (Å²) in [7, 11) is 1.17. The van der Waals surface area contributed by atoms with Gasteiger partial charge in [-0.2, -0.15) is 0 Å². The van der Waals surface area contributed by atoms with Gasteiger partial charge in [0.15, 0.2) is 0 Å². The predicted molar refractivity (Wildman–Crippen MR) is 381 cm³/mol. The van der Waals surface area contributed by atoms with Gasteiger partial charge in [0, 0.05) is 38.9 Å². The highest BCUT2D eigenvalue weighted by Crippen LogP contribution is 2.24. The van der Waals surface area contributed by atoms with Crippen LogP contribution in [-0.2, 0) is 73.5 Å². The molecule has 2 aliphatic heterocycles. The van der Waals surface area contributed by atoms with Crippen molar-refractivity contribution < 1.29 is 92.7 Å². The first-order valence-corrected chi connectivity index (χ1v) is 36.4. The quantitative estimate of drug-likeness (QED) is 0.0500. The number of nitrogens with one attached hydrogen (secondary N) is 10. The molecular formula is C71H118N14O19. The normalized spacial score (nSPS) is 26.9. The number of benzene rings is 1. The average Bonchev–Trinajstić information content (AvgIpc) is 1.50. The number of nitrogens with zero attached hydrogens (tertiary/aromatic N) is 2. The SMILES string of the molecule is CCCCCCC[C@H]1CC(=O)N[C@@H]([C@@H](C)CC)C(=O)N[C@H]([C@@H](O)C(C)C)C(=O)N[C@@H](C(C)C)C(=O)N[C@H]([C@@H](O)C(C)C)C(=O)N[C@@H](CCC(N)=O)C(=O)N(C)[C@@H]([C@@H](C)CC)C(=O)N[C@H](CC(N)=O)C(=O)N[C@@H]([C@@H](C)O)C(=O)N2CCC[C@H]2C(=O)N[C@H](Cc2ccc(O)cc2)C(=O)N[C@@H]([C@@H](C)O)C(=O)N1. The first-order chi connectivity index (χ1) is 48.7. The molecule has 33 nitrogen and oxygen atoms in total. The largest absolute Gasteiger partial charge is 0.508 e. The molecule has 14 amide bonds. The summed E-state index contributed by atoms with van der Waals surface area (Å²) in [6, 6.07) is -14.0. The summed E-state index contributed by atoms with van der Waals surface area (Å²) >= 11 is 0. The lowest BCUT2D eigenvalue weighted by Gasteiger charge is -2.36. The van der Waals surface area contributed by atoms with Crippen LogP contribution in [0.4, 0.5) is 0 Å². The maximum atomic E-state index is 14.9. The topological polar surface area (TPSA) is 519 Å². The van der Waals surface area contributed by atoms with E-state index in [-0.39, 0.29) is 50.8 Å². The Kier molecular flexibility index (Phi) is 37.1. The zero-order valence-corrected chi connectivity index (χ0v) is 62.7. The van der Waals surface area contributed by atoms with Crippen LogP contribution in [0.15, 0.2) is 24.3 Å². The number of phenolic OH excluding ortho intramolecular Hbond substituents is 1. The molecule has 2 heterocycles. The summed E-state index contributed by atoms with van der Waals surface area (Å²) in [5.74, 6) is -18.3. The molecule has 33 heteroatoms. The fourth-order valence-corrected chi connectivity index (χ4v) is 12.3. The number of carbonyl (C=O) groups is 14. The van der Waals surface area contributed by atoms with E-state index in [0.29, 0.717) is 18.4 Å². The summed E-state index contributed by atoms with van der Waals surface area (Å²) < 4.78 is 0. The monoisotopic (exact) mass is 1470 g/mol. The number of carbonyl (C=O) groups excluding carboxylic acids is 14. The summed E-state index contributed by atoms with van der Waals surface area (Å²) in [4.78, 5) is 203. The van der Waals surface area contributed by atoms with E-state index in [4.69, 9.17) is 11.5 Å². The molecule has 0 unspecified atom stereocenters. The fraction of sp³-hybridized carbons (Fsp3) is 0.718. The second kappa shape index (κ2) is 43.0. The van der Waals surface area contributed by atoms with Crippen LogP contribution in [0, 0.1) is 29.6 Å². The van der Waals surface area contributed by atoms with Crippen LogP contribution in [0.1, 0.15) is 185 Å². The number of aromatic hydroxyl groups is 1. The summed E-state index contributed by atoms with van der Waals surface area (Å²) in [6.45, 7) is 20.0. The van der Waals surface area contributed by atoms with Gasteiger partial charge in [0.2, 0.25) is 82.7 Å². The van der Waals surface area contributed by atoms with E-state index in [9.17, 15) is 92.7 Å². The molecule has 0 aliphatic carbocycles. The van der Waals surface area contributed by atoms with Crippen LogP contribution in [-0.4, -0.2) is 229 Å². The number of nitrogens with two attached hydrogens (primary N) is 2. The number of hydrogen-bond acceptors (Lipinski definition) is 19. The van der Waals surface area contributed by atoms with Gasteiger partial charge in [-0.05, 0) is 86.8 Å². The van der Waals surface area contributed by atoms with Gasteiger partial charge < -0.3 is 100.0 Å². The Morgan fingerprint density at radius 2 is 0.981 bits per heavy atom. The highest BCUT2D eigenvalue weighted by molar-refractivity contribution is 6.01. The number of hydrogen-bond donors (Lipinski definition) is 17. The third kappa shape index (κ3) is 27.2. The number of phenols is 1. The number of primary amides is 2. The molecule has 0 aromatic heterocycles. The Bertz CT molecular complexity index is 3100. The molecule has 0 saturated carbocycles. The van der Waals surface area contributed by atoms with Crippen LogP contribution in [0.3, 0.4) is 0 Å². The highest BCUT2D eigenvalue weighted by Gasteiger charge is 2.45. The zero-order valence-electron chi connectivity index (χ0n) is 62.7. The second-order valence-electron chi connectivity index (χ2n) is 28.9. The number of aliphatic hydroxyl groups is 4. The number of likely N-dealkylation sites (N-methyl/N-ethyl adjacent to an activating group) is 1. The molecule has 1 aromatic rings. The van der Waals surface area contributed by atoms with Gasteiger partial charge >= 0.3 is 0 Å². The maximum absolute atomic E-state index is 14.9. The van der Waals surface area contributed by atoms with E-state index < -0.39 is 235 Å². The molecule has 2 aliphatic rings. The molecule has 0 bridgehead atoms. The van der Waals surface area contributed by atoms with Crippen LogP contribution < -0.4 is 64.6 Å². The van der Waals surface area contributed by atoms with Gasteiger partial charge in [-0.15, -0.1) is 0 Å². The van der Waals surface area contributed by atoms with Gasteiger partial charge in [-0.3, -0.25) is 67.1 Å². The van der Waals surface area contributed by atoms with E-state index in [2.05, 4.69) is 53.2 Å². The Morgan fingerprint density at radius 1 is 0.500 bits per heavy atom. The Morgan fingerprint density at radius 3 is 1.50 bits per heavy atom. The predicted octanol–water partition coefficient (Wildman–Crippen LogP) is -1.95. The van der Waals surface area contributed by atoms with Crippen molar-refractivity contribution in [2.24, 2.45) is 41.1 Å². The molecule has 2 saturated heterocycles. The third-order valence-electron chi connectivity index (χ3n) is 19.2. The first kappa shape index (κ1) is 89.7. The number of fused-ring (bicyclic) bond motifs is 1. The summed E-state index contributed by atoms with van der Waals surface area (Å²) in [5, 5.41) is 81.6. The number of unbranched alkanes of at least 4 members (excludes halogenated alkanes) is 4. The van der Waals surface area contributed by atoms with Crippen molar-refractivity contribution >= 4 is 82.7 Å². The fourth-order valence-electron chi connectivity index (χ4n) is 12.3. The Labute approximate surface area is 609 Å². The van der Waals surface area contributed by atoms with Gasteiger partial charge in [-0.25, -0.2) is 0 Å². The lowest BCUT2D eigenvalue weighted by Crippen LogP contribution is -2.65. The highest BCUT2D eigenvalue weighted by atomic mass is 16.3. The van der Waals surface area contributed by atoms with E-state index >= 15 is 0 Å². The van der Waals surface area contributed by atoms with Gasteiger partial charge in [-0.1, -0.05) is 133 Å². The molecule has 104 heavy (non-hydrogen) atoms. The Hall–Kier alpha value is -8.56. The zero-order chi connectivity index (χ0) is 78.7. The van der Waals surface area contributed by atoms with Crippen LogP contribution in [0.25, 0.3) is 0 Å². The van der Waals surface area contributed by atoms with E-state index in [0.717, 1.165) is 36.0 Å². The molecule has 18 atom stereocenters. The smallest absolute Gasteiger partial charge is 0.248 e. The lowest BCUT2D eigenvalue weighted by atomic mass is 9.94. The number of amides is 14. The second-order valence-corrected chi connectivity index (χ2v) is 28.9. The van der Waals surface area contributed by atoms with Crippen molar-refractivity contribution in [3.8, 4) is 5.75 Å². The van der Waals surface area contributed by atoms with E-state index in [1.54, 1.807) is 41.5 Å². The molecule has 0 spiro atoms. The molecule has 0 radical (unpaired) electrons. The summed E-state index contributed by atoms with van der Waals surface area (Å²) in [5.41, 5.74) is 11.6. The van der Waals surface area contributed by atoms with Crippen molar-refractivity contribution in [3.05, 3.63) is 29.8 Å². The van der Waals surface area contributed by atoms with Crippen molar-refractivity contribution in [1.82, 2.24) is 63.0 Å². The minimum absolute atomic E-state index is 0.0220. The van der Waals surface area contributed by atoms with Crippen molar-refractivity contribution in [2.75, 3.05) is 13.6 Å². The molecule has 586 valence electrons. The Balaban J connectivity index is 2.36. The number of rotatable bonds is 24. The molecule has 1 aromatic carbocycles. The standard InChI is InChI=1S/C71H118N14O19/c1-15-18-19-20-21-23-43-33-51(91)78-53(38(10)16-2)65(98)83-57(60(93)37(8)9)68(101)79-52(35(4)5)64(97)82-56(59(92)36(6)7)67(100)75-45(29-30-49(72)89)70(103)84(14)58(39(11)17-3)69(102)77-47(34-50(73)90)62(95)81-55(41(13)87)71(104)85-31-22-24-48(85)63(96)76-46(32-42-25-27-44(88)28-26-42)61(94)80-54(40(12)86)66(99)74-43/h25-28,35-41,43,45-48,52-60,86-88,92-93H,15-24,29-34H2,1-14H3,(H2,72,89)(H2,73,90)(H,74,99)(H,75,100)(H,76,96)(H,77,102)(H,78,91)(H,79,101)(H,80,94)(H,81,95)(H,82,97)(H,83,98)/t38-,39-,40+,41+,43-,45-,46+,47+,48-,52-,53-,54-,55-,56+,57+,58-,59-,60-/m0/s1. The first-order valence-electron chi connectivity index (χ1n) is 36.4. The average molecular weight is 1470 g/mol. The van der Waals surface area contributed by atoms with Gasteiger partial charge in [0.25, 0.3) is 0 Å². The molecular weight excluding hydrogens is 1350 g/mol. The molecule has 2 fully saturated rings. The van der Waals surface area contributed by atoms with Crippen LogP contribution >= 0.6 is 0 Å². The number of aliphatic hydroxyl groups excluding tert-OH is 4. The maximum Gasteiger partial charge on any atom is 0.248 e. The summed E-state index contributed by atoms with van der Waals surface area (Å²) in [6.07, 6.45) is -4.93. The van der Waals surface area contributed by atoms with Crippen molar-refractivity contribution in [3.63, 3.8) is 0 Å². The van der Waals surface area contributed by atoms with E-state index in [1.807, 2.05) is 6.92 Å². The van der Waals surface area contributed by atoms with Crippen molar-refractivity contribution in [1.29, 1.82) is 0 Å². The minimum atomic E-state index is -1.93. The minimum Gasteiger partial charge on any atom is -0.508 e. The molecule has 19 N–H and O–H groups in total. The van der Waals surface area contributed by atoms with Crippen LogP contribution in [0.2, 0.25) is 0 Å².